The highest BCUT2D eigenvalue weighted by atomic mass is 16.3. The molecule has 1 aliphatic rings. The number of furan rings is 1. The lowest BCUT2D eigenvalue weighted by molar-refractivity contribution is 0.660. The third-order valence-electron chi connectivity index (χ3n) is 11.8. The Morgan fingerprint density at radius 2 is 0.828 bits per heavy atom. The largest absolute Gasteiger partial charge is 0.456 e. The SMILES string of the molecule is CC1(C)c2ccccc2-c2ccc(-c3ccc(-c4ccc5oc6cccc(-c7nc(-c8ccccc8)nc(-c8ccc(-c9ccccc9)cc8)n7)c6c5c4)cc3)cc21. The van der Waals surface area contributed by atoms with Gasteiger partial charge in [0.15, 0.2) is 17.5 Å². The van der Waals surface area contributed by atoms with Crippen molar-refractivity contribution in [2.24, 2.45) is 0 Å². The molecule has 0 saturated carbocycles. The summed E-state index contributed by atoms with van der Waals surface area (Å²) in [6, 6.07) is 66.1. The lowest BCUT2D eigenvalue weighted by atomic mass is 9.81. The molecule has 11 rings (SSSR count). The van der Waals surface area contributed by atoms with Gasteiger partial charge in [-0.05, 0) is 79.9 Å². The van der Waals surface area contributed by atoms with E-state index in [1.807, 2.05) is 48.5 Å². The fourth-order valence-electron chi connectivity index (χ4n) is 8.72. The van der Waals surface area contributed by atoms with E-state index < -0.39 is 0 Å². The third kappa shape index (κ3) is 5.64. The first-order valence-electron chi connectivity index (χ1n) is 19.8. The Bertz CT molecular complexity index is 3160. The Labute approximate surface area is 337 Å². The van der Waals surface area contributed by atoms with Gasteiger partial charge in [0.1, 0.15) is 11.2 Å². The second-order valence-corrected chi connectivity index (χ2v) is 15.6. The molecule has 0 spiro atoms. The Morgan fingerprint density at radius 3 is 1.53 bits per heavy atom. The molecule has 0 radical (unpaired) electrons. The van der Waals surface area contributed by atoms with Crippen molar-refractivity contribution >= 4 is 21.9 Å². The minimum Gasteiger partial charge on any atom is -0.456 e. The quantitative estimate of drug-likeness (QED) is 0.170. The number of benzene rings is 8. The van der Waals surface area contributed by atoms with Gasteiger partial charge < -0.3 is 4.42 Å². The van der Waals surface area contributed by atoms with Crippen molar-refractivity contribution in [1.82, 2.24) is 15.0 Å². The first-order valence-corrected chi connectivity index (χ1v) is 19.8. The number of fused-ring (bicyclic) bond motifs is 6. The van der Waals surface area contributed by atoms with E-state index in [-0.39, 0.29) is 5.41 Å². The first kappa shape index (κ1) is 33.9. The Hall–Kier alpha value is -7.43. The third-order valence-corrected chi connectivity index (χ3v) is 11.8. The van der Waals surface area contributed by atoms with E-state index >= 15 is 0 Å². The maximum atomic E-state index is 6.47. The van der Waals surface area contributed by atoms with Crippen molar-refractivity contribution in [1.29, 1.82) is 0 Å². The summed E-state index contributed by atoms with van der Waals surface area (Å²) in [6.07, 6.45) is 0. The van der Waals surface area contributed by atoms with E-state index in [4.69, 9.17) is 19.4 Å². The maximum Gasteiger partial charge on any atom is 0.164 e. The van der Waals surface area contributed by atoms with Gasteiger partial charge in [-0.2, -0.15) is 0 Å². The van der Waals surface area contributed by atoms with Crippen LogP contribution >= 0.6 is 0 Å². The molecule has 0 unspecified atom stereocenters. The molecule has 58 heavy (non-hydrogen) atoms. The van der Waals surface area contributed by atoms with Gasteiger partial charge in [-0.1, -0.05) is 178 Å². The van der Waals surface area contributed by atoms with E-state index in [0.29, 0.717) is 17.5 Å². The lowest BCUT2D eigenvalue weighted by Crippen LogP contribution is -2.14. The van der Waals surface area contributed by atoms with E-state index in [1.165, 1.54) is 38.9 Å². The molecule has 0 bridgehead atoms. The van der Waals surface area contributed by atoms with Gasteiger partial charge >= 0.3 is 0 Å². The summed E-state index contributed by atoms with van der Waals surface area (Å²) < 4.78 is 6.47. The highest BCUT2D eigenvalue weighted by molar-refractivity contribution is 6.12. The summed E-state index contributed by atoms with van der Waals surface area (Å²) in [4.78, 5) is 15.2. The summed E-state index contributed by atoms with van der Waals surface area (Å²) in [6.45, 7) is 4.66. The van der Waals surface area contributed by atoms with Crippen LogP contribution in [0.1, 0.15) is 25.0 Å². The Morgan fingerprint density at radius 1 is 0.345 bits per heavy atom. The van der Waals surface area contributed by atoms with E-state index in [0.717, 1.165) is 55.3 Å². The molecule has 4 heteroatoms. The van der Waals surface area contributed by atoms with Gasteiger partial charge in [-0.3, -0.25) is 0 Å². The molecule has 2 heterocycles. The van der Waals surface area contributed by atoms with Gasteiger partial charge in [0.05, 0.1) is 0 Å². The zero-order valence-corrected chi connectivity index (χ0v) is 32.1. The van der Waals surface area contributed by atoms with Crippen LogP contribution in [0.25, 0.3) is 101 Å². The van der Waals surface area contributed by atoms with Crippen molar-refractivity contribution < 1.29 is 4.42 Å². The standard InChI is InChI=1S/C54H37N3O/c1-54(2)46-18-10-9-16-42(46)43-30-28-41(33-47(43)54)37-22-20-36(21-23-37)40-29-31-48-45(32-40)50-44(17-11-19-49(50)58-48)53-56-51(38-14-7-4-8-15-38)55-52(57-53)39-26-24-35(25-27-39)34-12-5-3-6-13-34/h3-33H,1-2H3. The van der Waals surface area contributed by atoms with Crippen LogP contribution in [-0.2, 0) is 5.41 Å². The topological polar surface area (TPSA) is 51.8 Å². The Kier molecular flexibility index (Phi) is 7.80. The summed E-state index contributed by atoms with van der Waals surface area (Å²) >= 11 is 0. The molecular formula is C54H37N3O. The van der Waals surface area contributed by atoms with Crippen LogP contribution in [0.5, 0.6) is 0 Å². The van der Waals surface area contributed by atoms with E-state index in [1.54, 1.807) is 0 Å². The van der Waals surface area contributed by atoms with Crippen LogP contribution < -0.4 is 0 Å². The second kappa shape index (κ2) is 13.4. The molecule has 0 saturated heterocycles. The van der Waals surface area contributed by atoms with Crippen LogP contribution in [0, 0.1) is 0 Å². The molecule has 0 N–H and O–H groups in total. The molecular weight excluding hydrogens is 707 g/mol. The molecule has 274 valence electrons. The minimum absolute atomic E-state index is 0.0381. The van der Waals surface area contributed by atoms with Crippen molar-refractivity contribution in [3.05, 3.63) is 199 Å². The predicted octanol–water partition coefficient (Wildman–Crippen LogP) is 14.1. The van der Waals surface area contributed by atoms with Crippen LogP contribution in [-0.4, -0.2) is 15.0 Å². The fraction of sp³-hybridized carbons (Fsp3) is 0.0556. The van der Waals surface area contributed by atoms with Gasteiger partial charge in [0.25, 0.3) is 0 Å². The first-order chi connectivity index (χ1) is 28.5. The summed E-state index contributed by atoms with van der Waals surface area (Å²) in [7, 11) is 0. The molecule has 0 aliphatic heterocycles. The number of hydrogen-bond acceptors (Lipinski definition) is 4. The van der Waals surface area contributed by atoms with Gasteiger partial charge in [0, 0.05) is 32.9 Å². The minimum atomic E-state index is -0.0381. The Balaban J connectivity index is 0.981. The average molecular weight is 744 g/mol. The zero-order chi connectivity index (χ0) is 38.8. The highest BCUT2D eigenvalue weighted by Gasteiger charge is 2.35. The average Bonchev–Trinajstić information content (AvgIpc) is 3.78. The van der Waals surface area contributed by atoms with Crippen molar-refractivity contribution in [3.8, 4) is 78.7 Å². The van der Waals surface area contributed by atoms with E-state index in [2.05, 4.69) is 153 Å². The normalized spacial score (nSPS) is 12.8. The van der Waals surface area contributed by atoms with Gasteiger partial charge in [-0.15, -0.1) is 0 Å². The van der Waals surface area contributed by atoms with E-state index in [9.17, 15) is 0 Å². The highest BCUT2D eigenvalue weighted by Crippen LogP contribution is 2.49. The molecule has 10 aromatic rings. The van der Waals surface area contributed by atoms with Crippen molar-refractivity contribution in [3.63, 3.8) is 0 Å². The summed E-state index contributed by atoms with van der Waals surface area (Å²) in [5, 5.41) is 2.00. The maximum absolute atomic E-state index is 6.47. The molecule has 0 amide bonds. The summed E-state index contributed by atoms with van der Waals surface area (Å²) in [5.74, 6) is 1.83. The summed E-state index contributed by atoms with van der Waals surface area (Å²) in [5.41, 5.74) is 16.7. The van der Waals surface area contributed by atoms with Crippen molar-refractivity contribution in [2.75, 3.05) is 0 Å². The van der Waals surface area contributed by atoms with Crippen LogP contribution in [0.3, 0.4) is 0 Å². The molecule has 4 nitrogen and oxygen atoms in total. The molecule has 1 aliphatic carbocycles. The van der Waals surface area contributed by atoms with Crippen LogP contribution in [0.2, 0.25) is 0 Å². The predicted molar refractivity (Wildman–Crippen MR) is 237 cm³/mol. The molecule has 2 aromatic heterocycles. The molecule has 0 fully saturated rings. The van der Waals surface area contributed by atoms with Crippen molar-refractivity contribution in [2.45, 2.75) is 19.3 Å². The fourth-order valence-corrected chi connectivity index (χ4v) is 8.72. The zero-order valence-electron chi connectivity index (χ0n) is 32.1. The number of hydrogen-bond donors (Lipinski definition) is 0. The number of rotatable bonds is 6. The monoisotopic (exact) mass is 743 g/mol. The van der Waals surface area contributed by atoms with Gasteiger partial charge in [-0.25, -0.2) is 15.0 Å². The second-order valence-electron chi connectivity index (χ2n) is 15.6. The lowest BCUT2D eigenvalue weighted by Gasteiger charge is -2.22. The van der Waals surface area contributed by atoms with Crippen LogP contribution in [0.15, 0.2) is 192 Å². The number of aromatic nitrogens is 3. The molecule has 8 aromatic carbocycles. The smallest absolute Gasteiger partial charge is 0.164 e. The number of nitrogens with zero attached hydrogens (tertiary/aromatic N) is 3. The van der Waals surface area contributed by atoms with Crippen LogP contribution in [0.4, 0.5) is 0 Å². The molecule has 0 atom stereocenters. The van der Waals surface area contributed by atoms with Gasteiger partial charge in [0.2, 0.25) is 0 Å².